The van der Waals surface area contributed by atoms with Gasteiger partial charge in [0.25, 0.3) is 0 Å². The largest absolute Gasteiger partial charge is 0.508 e. The molecule has 1 heterocycles. The zero-order valence-corrected chi connectivity index (χ0v) is 26.4. The predicted octanol–water partition coefficient (Wildman–Crippen LogP) is 8.64. The van der Waals surface area contributed by atoms with Gasteiger partial charge in [0.2, 0.25) is 0 Å². The molecular weight excluding hydrogens is 528 g/mol. The lowest BCUT2D eigenvalue weighted by Crippen LogP contribution is -2.50. The second-order valence-corrected chi connectivity index (χ2v) is 13.3. The predicted molar refractivity (Wildman–Crippen MR) is 167 cm³/mol. The van der Waals surface area contributed by atoms with Gasteiger partial charge in [-0.2, -0.15) is 0 Å². The number of hydrogen-bond donors (Lipinski definition) is 5. The maximum atomic E-state index is 11.4. The minimum absolute atomic E-state index is 0.0180. The monoisotopic (exact) mass is 576 g/mol. The lowest BCUT2D eigenvalue weighted by Gasteiger charge is -2.51. The van der Waals surface area contributed by atoms with E-state index in [0.717, 1.165) is 47.9 Å². The summed E-state index contributed by atoms with van der Waals surface area (Å²) in [6.07, 6.45) is 3.92. The lowest BCUT2D eigenvalue weighted by atomic mass is 9.60. The zero-order chi connectivity index (χ0) is 31.2. The molecule has 1 aliphatic heterocycles. The topological polar surface area (TPSA) is 110 Å². The van der Waals surface area contributed by atoms with Gasteiger partial charge in [-0.25, -0.2) is 0 Å². The van der Waals surface area contributed by atoms with Gasteiger partial charge in [-0.05, 0) is 79.3 Å². The molecule has 5 N–H and O–H groups in total. The number of rotatable bonds is 9. The van der Waals surface area contributed by atoms with Crippen LogP contribution in [0.3, 0.4) is 0 Å². The maximum Gasteiger partial charge on any atom is 0.138 e. The van der Waals surface area contributed by atoms with Crippen molar-refractivity contribution in [2.45, 2.75) is 110 Å². The fraction of sp³-hybridized carbons (Fsp3) is 0.500. The molecule has 0 amide bonds. The van der Waals surface area contributed by atoms with E-state index in [1.807, 2.05) is 13.0 Å². The molecule has 4 unspecified atom stereocenters. The number of phenols is 5. The third-order valence-electron chi connectivity index (χ3n) is 10.3. The van der Waals surface area contributed by atoms with Crippen LogP contribution in [0.15, 0.2) is 42.5 Å². The van der Waals surface area contributed by atoms with Gasteiger partial charge in [0, 0.05) is 46.2 Å². The Morgan fingerprint density at radius 2 is 1.52 bits per heavy atom. The molecule has 6 nitrogen and oxygen atoms in total. The highest BCUT2D eigenvalue weighted by Crippen LogP contribution is 2.57. The van der Waals surface area contributed by atoms with Crippen molar-refractivity contribution in [3.8, 4) is 34.5 Å². The van der Waals surface area contributed by atoms with E-state index < -0.39 is 5.60 Å². The van der Waals surface area contributed by atoms with Crippen LogP contribution in [0.25, 0.3) is 0 Å². The van der Waals surface area contributed by atoms with Crippen LogP contribution in [0.4, 0.5) is 0 Å². The molecule has 3 aromatic rings. The number of phenolic OH excluding ortho intramolecular Hbond substituents is 5. The average Bonchev–Trinajstić information content (AvgIpc) is 2.91. The first-order valence-corrected chi connectivity index (χ1v) is 15.3. The first-order valence-electron chi connectivity index (χ1n) is 15.3. The highest BCUT2D eigenvalue weighted by molar-refractivity contribution is 5.55. The van der Waals surface area contributed by atoms with Gasteiger partial charge in [0.05, 0.1) is 0 Å². The molecule has 0 saturated heterocycles. The van der Waals surface area contributed by atoms with Gasteiger partial charge in [-0.1, -0.05) is 54.9 Å². The van der Waals surface area contributed by atoms with E-state index in [1.165, 1.54) is 12.1 Å². The van der Waals surface area contributed by atoms with E-state index in [-0.39, 0.29) is 51.4 Å². The Morgan fingerprint density at radius 3 is 2.12 bits per heavy atom. The second-order valence-electron chi connectivity index (χ2n) is 13.3. The molecule has 0 saturated carbocycles. The van der Waals surface area contributed by atoms with Crippen molar-refractivity contribution in [1.29, 1.82) is 0 Å². The molecule has 4 rings (SSSR count). The van der Waals surface area contributed by atoms with Crippen molar-refractivity contribution in [2.75, 3.05) is 0 Å². The third kappa shape index (κ3) is 5.25. The molecule has 42 heavy (non-hydrogen) atoms. The van der Waals surface area contributed by atoms with Crippen molar-refractivity contribution in [2.24, 2.45) is 5.92 Å². The summed E-state index contributed by atoms with van der Waals surface area (Å²) in [6, 6.07) is 11.7. The van der Waals surface area contributed by atoms with E-state index in [2.05, 4.69) is 54.5 Å². The van der Waals surface area contributed by atoms with Gasteiger partial charge in [0.15, 0.2) is 0 Å². The van der Waals surface area contributed by atoms with Crippen molar-refractivity contribution in [3.63, 3.8) is 0 Å². The Morgan fingerprint density at radius 1 is 0.833 bits per heavy atom. The fourth-order valence-electron chi connectivity index (χ4n) is 7.15. The molecule has 0 bridgehead atoms. The fourth-order valence-corrected chi connectivity index (χ4v) is 7.15. The number of fused-ring (bicyclic) bond motifs is 1. The van der Waals surface area contributed by atoms with Gasteiger partial charge in [0.1, 0.15) is 40.1 Å². The standard InChI is InChI=1S/C36H48O6/c1-9-14-34(5,6)27-16-23(29(38)19-32(27)41)15-22(10-2)25-18-28-33(20-30(25)39)42-36(8,21(4)35(28,7)11-3)26-13-12-24(37)17-31(26)40/h12-13,16-22,37-41H,9-11,14-15H2,1-8H3. The summed E-state index contributed by atoms with van der Waals surface area (Å²) in [5, 5.41) is 53.6. The van der Waals surface area contributed by atoms with E-state index in [4.69, 9.17) is 4.74 Å². The smallest absolute Gasteiger partial charge is 0.138 e. The van der Waals surface area contributed by atoms with Crippen LogP contribution in [0.5, 0.6) is 34.5 Å². The summed E-state index contributed by atoms with van der Waals surface area (Å²) < 4.78 is 6.64. The Balaban J connectivity index is 1.79. The molecule has 0 radical (unpaired) electrons. The molecular formula is C36H48O6. The molecule has 6 heteroatoms. The van der Waals surface area contributed by atoms with Crippen LogP contribution < -0.4 is 4.74 Å². The van der Waals surface area contributed by atoms with Crippen LogP contribution in [0.2, 0.25) is 0 Å². The van der Waals surface area contributed by atoms with Gasteiger partial charge < -0.3 is 30.3 Å². The van der Waals surface area contributed by atoms with E-state index >= 15 is 0 Å². The van der Waals surface area contributed by atoms with Crippen molar-refractivity contribution >= 4 is 0 Å². The minimum atomic E-state index is -0.910. The Labute approximate surface area is 250 Å². The number of benzene rings is 3. The highest BCUT2D eigenvalue weighted by Gasteiger charge is 2.52. The molecule has 0 aromatic heterocycles. The third-order valence-corrected chi connectivity index (χ3v) is 10.3. The van der Waals surface area contributed by atoms with Crippen molar-refractivity contribution in [1.82, 2.24) is 0 Å². The van der Waals surface area contributed by atoms with Crippen molar-refractivity contribution in [3.05, 3.63) is 70.3 Å². The normalized spacial score (nSPS) is 22.8. The maximum absolute atomic E-state index is 11.4. The average molecular weight is 577 g/mol. The van der Waals surface area contributed by atoms with E-state index in [0.29, 0.717) is 17.7 Å². The molecule has 3 aromatic carbocycles. The summed E-state index contributed by atoms with van der Waals surface area (Å²) in [4.78, 5) is 0. The second kappa shape index (κ2) is 11.3. The molecule has 0 aliphatic carbocycles. The Bertz CT molecular complexity index is 1460. The number of ether oxygens (including phenoxy) is 1. The minimum Gasteiger partial charge on any atom is -0.508 e. The SMILES string of the molecule is CCCC(C)(C)c1cc(CC(CC)c2cc3c(cc2O)OC(C)(c2ccc(O)cc2O)C(C)C3(C)CC)c(O)cc1O. The molecule has 0 fully saturated rings. The quantitative estimate of drug-likeness (QED) is 0.174. The first kappa shape index (κ1) is 31.4. The highest BCUT2D eigenvalue weighted by atomic mass is 16.5. The van der Waals surface area contributed by atoms with Crippen molar-refractivity contribution < 1.29 is 30.3 Å². The summed E-state index contributed by atoms with van der Waals surface area (Å²) in [6.45, 7) is 16.8. The lowest BCUT2D eigenvalue weighted by molar-refractivity contribution is -0.0330. The number of aromatic hydroxyl groups is 5. The summed E-state index contributed by atoms with van der Waals surface area (Å²) >= 11 is 0. The van der Waals surface area contributed by atoms with E-state index in [9.17, 15) is 25.5 Å². The summed E-state index contributed by atoms with van der Waals surface area (Å²) in [7, 11) is 0. The van der Waals surface area contributed by atoms with Crippen LogP contribution >= 0.6 is 0 Å². The number of hydrogen-bond acceptors (Lipinski definition) is 6. The molecule has 0 spiro atoms. The molecule has 228 valence electrons. The summed E-state index contributed by atoms with van der Waals surface area (Å²) in [5.74, 6) is 0.643. The zero-order valence-electron chi connectivity index (χ0n) is 26.4. The van der Waals surface area contributed by atoms with Gasteiger partial charge in [-0.15, -0.1) is 0 Å². The van der Waals surface area contributed by atoms with Crippen LogP contribution in [0.1, 0.15) is 115 Å². The van der Waals surface area contributed by atoms with Crippen LogP contribution in [-0.4, -0.2) is 25.5 Å². The Hall–Kier alpha value is -3.54. The van der Waals surface area contributed by atoms with Crippen LogP contribution in [-0.2, 0) is 22.9 Å². The van der Waals surface area contributed by atoms with Crippen LogP contribution in [0, 0.1) is 5.92 Å². The molecule has 4 atom stereocenters. The van der Waals surface area contributed by atoms with Gasteiger partial charge >= 0.3 is 0 Å². The Kier molecular flexibility index (Phi) is 8.43. The summed E-state index contributed by atoms with van der Waals surface area (Å²) in [5.41, 5.74) is 2.43. The van der Waals surface area contributed by atoms with Gasteiger partial charge in [-0.3, -0.25) is 0 Å². The first-order chi connectivity index (χ1) is 19.6. The molecule has 1 aliphatic rings. The van der Waals surface area contributed by atoms with E-state index in [1.54, 1.807) is 18.2 Å².